The van der Waals surface area contributed by atoms with Gasteiger partial charge in [-0.25, -0.2) is 4.68 Å². The van der Waals surface area contributed by atoms with Crippen LogP contribution in [0.2, 0.25) is 0 Å². The Balaban J connectivity index is 1.23. The molecule has 0 bridgehead atoms. The molecule has 0 unspecified atom stereocenters. The van der Waals surface area contributed by atoms with Gasteiger partial charge in [-0.3, -0.25) is 4.99 Å². The number of aliphatic imine (C=N–C) groups is 1. The predicted molar refractivity (Wildman–Crippen MR) is 191 cm³/mol. The van der Waals surface area contributed by atoms with E-state index in [1.807, 2.05) is 30.9 Å². The molecule has 0 saturated heterocycles. The summed E-state index contributed by atoms with van der Waals surface area (Å²) >= 11 is 0. The lowest BCUT2D eigenvalue weighted by Gasteiger charge is -2.19. The van der Waals surface area contributed by atoms with Gasteiger partial charge in [0.15, 0.2) is 0 Å². The van der Waals surface area contributed by atoms with Crippen LogP contribution in [0.1, 0.15) is 12.6 Å². The van der Waals surface area contributed by atoms with Gasteiger partial charge in [0.05, 0.1) is 28.4 Å². The highest BCUT2D eigenvalue weighted by atomic mass is 31.1. The molecule has 0 amide bonds. The Morgan fingerprint density at radius 1 is 0.667 bits per heavy atom. The van der Waals surface area contributed by atoms with Crippen LogP contribution < -0.4 is 10.6 Å². The number of fused-ring (bicyclic) bond motifs is 3. The Hall–Kier alpha value is -5.38. The summed E-state index contributed by atoms with van der Waals surface area (Å²) in [5, 5.41) is 14.1. The second kappa shape index (κ2) is 12.7. The van der Waals surface area contributed by atoms with Crippen LogP contribution in [0.4, 0.5) is 0 Å². The molecule has 5 nitrogen and oxygen atoms in total. The van der Waals surface area contributed by atoms with Gasteiger partial charge < -0.3 is 4.57 Å². The minimum absolute atomic E-state index is 0.789. The molecule has 2 aromatic heterocycles. The van der Waals surface area contributed by atoms with E-state index in [4.69, 9.17) is 4.99 Å². The zero-order chi connectivity index (χ0) is 30.6. The smallest absolute Gasteiger partial charge is 0.113 e. The predicted octanol–water partition coefficient (Wildman–Crippen LogP) is 8.49. The standard InChI is InChI=1S/C39H32N5P/c1-3-14-29(27-39(40-2)45(32-15-6-4-7-16-32)33-17-8-5-9-18-33)36-28-43(42-41-36)30-23-25-31(26-24-30)44-37-21-12-10-19-34(37)35-20-11-13-22-38(35)44/h3-28H,1-2H3/b14-3-,29-27+,40-39?. The fourth-order valence-electron chi connectivity index (χ4n) is 5.80. The molecule has 7 aromatic rings. The van der Waals surface area contributed by atoms with Gasteiger partial charge in [0.25, 0.3) is 0 Å². The zero-order valence-electron chi connectivity index (χ0n) is 25.2. The van der Waals surface area contributed by atoms with Gasteiger partial charge in [-0.1, -0.05) is 114 Å². The van der Waals surface area contributed by atoms with Crippen molar-refractivity contribution in [3.05, 3.63) is 164 Å². The number of hydrogen-bond acceptors (Lipinski definition) is 3. The molecule has 0 atom stereocenters. The number of allylic oxidation sites excluding steroid dienone is 4. The quantitative estimate of drug-likeness (QED) is 0.0997. The van der Waals surface area contributed by atoms with E-state index < -0.39 is 7.92 Å². The van der Waals surface area contributed by atoms with Crippen LogP contribution in [-0.2, 0) is 0 Å². The number of aromatic nitrogens is 4. The molecule has 0 spiro atoms. The summed E-state index contributed by atoms with van der Waals surface area (Å²) in [5.74, 6) is 0. The summed E-state index contributed by atoms with van der Waals surface area (Å²) < 4.78 is 4.15. The first-order valence-corrected chi connectivity index (χ1v) is 16.3. The molecule has 0 aliphatic heterocycles. The first kappa shape index (κ1) is 28.4. The number of benzene rings is 5. The molecule has 45 heavy (non-hydrogen) atoms. The highest BCUT2D eigenvalue weighted by molar-refractivity contribution is 7.88. The Morgan fingerprint density at radius 2 is 1.20 bits per heavy atom. The average molecular weight is 602 g/mol. The van der Waals surface area contributed by atoms with Gasteiger partial charge in [0, 0.05) is 37.0 Å². The molecule has 7 rings (SSSR count). The van der Waals surface area contributed by atoms with Gasteiger partial charge in [-0.15, -0.1) is 5.10 Å². The zero-order valence-corrected chi connectivity index (χ0v) is 26.1. The van der Waals surface area contributed by atoms with Crippen molar-refractivity contribution in [1.82, 2.24) is 19.6 Å². The number of rotatable bonds is 8. The lowest BCUT2D eigenvalue weighted by molar-refractivity contribution is 0.802. The lowest BCUT2D eigenvalue weighted by atomic mass is 10.2. The molecule has 0 saturated carbocycles. The Labute approximate surface area is 264 Å². The lowest BCUT2D eigenvalue weighted by Crippen LogP contribution is -2.17. The molecular weight excluding hydrogens is 569 g/mol. The van der Waals surface area contributed by atoms with Crippen molar-refractivity contribution in [1.29, 1.82) is 0 Å². The van der Waals surface area contributed by atoms with Crippen molar-refractivity contribution in [3.63, 3.8) is 0 Å². The van der Waals surface area contributed by atoms with Crippen LogP contribution in [0, 0.1) is 0 Å². The van der Waals surface area contributed by atoms with Crippen LogP contribution in [0.5, 0.6) is 0 Å². The topological polar surface area (TPSA) is 48.0 Å². The van der Waals surface area contributed by atoms with E-state index in [9.17, 15) is 0 Å². The van der Waals surface area contributed by atoms with Crippen LogP contribution in [0.25, 0.3) is 38.8 Å². The monoisotopic (exact) mass is 601 g/mol. The summed E-state index contributed by atoms with van der Waals surface area (Å²) in [7, 11) is 1.02. The van der Waals surface area contributed by atoms with Crippen LogP contribution in [0.15, 0.2) is 163 Å². The molecule has 5 aromatic carbocycles. The molecule has 6 heteroatoms. The fourth-order valence-corrected chi connectivity index (χ4v) is 8.04. The first-order chi connectivity index (χ1) is 22.2. The second-order valence-corrected chi connectivity index (χ2v) is 12.8. The van der Waals surface area contributed by atoms with Gasteiger partial charge in [0.2, 0.25) is 0 Å². The summed E-state index contributed by atoms with van der Waals surface area (Å²) in [4.78, 5) is 4.81. The molecular formula is C39H32N5P. The minimum atomic E-state index is -0.850. The largest absolute Gasteiger partial charge is 0.309 e. The maximum Gasteiger partial charge on any atom is 0.113 e. The molecule has 2 heterocycles. The molecule has 0 N–H and O–H groups in total. The third kappa shape index (κ3) is 5.55. The highest BCUT2D eigenvalue weighted by Crippen LogP contribution is 2.37. The third-order valence-corrected chi connectivity index (χ3v) is 10.3. The van der Waals surface area contributed by atoms with Crippen LogP contribution in [-0.4, -0.2) is 32.1 Å². The summed E-state index contributed by atoms with van der Waals surface area (Å²) in [6.45, 7) is 2.02. The van der Waals surface area contributed by atoms with Crippen LogP contribution >= 0.6 is 7.92 Å². The molecule has 218 valence electrons. The molecule has 0 aliphatic rings. The van der Waals surface area contributed by atoms with Gasteiger partial charge in [0.1, 0.15) is 5.69 Å². The van der Waals surface area contributed by atoms with Crippen molar-refractivity contribution in [3.8, 4) is 11.4 Å². The summed E-state index contributed by atoms with van der Waals surface area (Å²) in [5.41, 5.74) is 7.19. The van der Waals surface area contributed by atoms with E-state index >= 15 is 0 Å². The van der Waals surface area contributed by atoms with E-state index in [2.05, 4.69) is 160 Å². The number of nitrogens with zero attached hydrogens (tertiary/aromatic N) is 5. The van der Waals surface area contributed by atoms with Crippen molar-refractivity contribution in [2.24, 2.45) is 4.99 Å². The number of para-hydroxylation sites is 2. The van der Waals surface area contributed by atoms with E-state index in [0.717, 1.165) is 28.1 Å². The first-order valence-electron chi connectivity index (χ1n) is 15.0. The van der Waals surface area contributed by atoms with Crippen molar-refractivity contribution in [2.75, 3.05) is 7.05 Å². The Bertz CT molecular complexity index is 2080. The van der Waals surface area contributed by atoms with Gasteiger partial charge in [-0.2, -0.15) is 0 Å². The fraction of sp³-hybridized carbons (Fsp3) is 0.0513. The van der Waals surface area contributed by atoms with Crippen molar-refractivity contribution >= 4 is 51.4 Å². The Kier molecular flexibility index (Phi) is 8.01. The van der Waals surface area contributed by atoms with Gasteiger partial charge in [-0.05, 0) is 60.0 Å². The molecule has 0 fully saturated rings. The summed E-state index contributed by atoms with van der Waals surface area (Å²) in [6, 6.07) is 46.8. The van der Waals surface area contributed by atoms with Crippen LogP contribution in [0.3, 0.4) is 0 Å². The highest BCUT2D eigenvalue weighted by Gasteiger charge is 2.20. The third-order valence-electron chi connectivity index (χ3n) is 7.86. The summed E-state index contributed by atoms with van der Waals surface area (Å²) in [6.07, 6.45) is 8.26. The van der Waals surface area contributed by atoms with Crippen molar-refractivity contribution < 1.29 is 0 Å². The minimum Gasteiger partial charge on any atom is -0.309 e. The average Bonchev–Trinajstić information content (AvgIpc) is 3.72. The van der Waals surface area contributed by atoms with E-state index in [1.54, 1.807) is 0 Å². The maximum absolute atomic E-state index is 4.81. The molecule has 0 aliphatic carbocycles. The van der Waals surface area contributed by atoms with E-state index in [1.165, 1.54) is 32.4 Å². The normalized spacial score (nSPS) is 12.6. The van der Waals surface area contributed by atoms with E-state index in [0.29, 0.717) is 0 Å². The second-order valence-electron chi connectivity index (χ2n) is 10.6. The van der Waals surface area contributed by atoms with Gasteiger partial charge >= 0.3 is 0 Å². The van der Waals surface area contributed by atoms with Crippen molar-refractivity contribution in [2.45, 2.75) is 6.92 Å². The molecule has 0 radical (unpaired) electrons. The maximum atomic E-state index is 4.81. The van der Waals surface area contributed by atoms with E-state index in [-0.39, 0.29) is 0 Å². The Morgan fingerprint density at radius 3 is 1.76 bits per heavy atom. The number of hydrogen-bond donors (Lipinski definition) is 0. The SMILES string of the molecule is C/C=C\C(=C/C(=NC)P(c1ccccc1)c1ccccc1)c1cn(-c2ccc(-n3c4ccccc4c4ccccc43)cc2)nn1.